The molecule has 8 nitrogen and oxygen atoms in total. The smallest absolute Gasteiger partial charge is 0.416 e. The lowest BCUT2D eigenvalue weighted by molar-refractivity contribution is -0.137. The average Bonchev–Trinajstić information content (AvgIpc) is 3.47. The number of alkyl halides is 3. The van der Waals surface area contributed by atoms with Crippen molar-refractivity contribution in [1.29, 1.82) is 0 Å². The molecule has 262 valence electrons. The van der Waals surface area contributed by atoms with Crippen molar-refractivity contribution in [2.45, 2.75) is 57.9 Å². The van der Waals surface area contributed by atoms with Gasteiger partial charge in [-0.3, -0.25) is 14.7 Å². The van der Waals surface area contributed by atoms with Crippen molar-refractivity contribution in [3.63, 3.8) is 0 Å². The first kappa shape index (κ1) is 36.5. The van der Waals surface area contributed by atoms with Crippen LogP contribution in [-0.2, 0) is 11.0 Å². The normalized spacial score (nSPS) is 18.5. The highest BCUT2D eigenvalue weighted by Crippen LogP contribution is 2.46. The number of urea groups is 1. The van der Waals surface area contributed by atoms with E-state index in [4.69, 9.17) is 32.9 Å². The number of carbonyl (C=O) groups is 2. The van der Waals surface area contributed by atoms with Crippen LogP contribution in [-0.4, -0.2) is 66.4 Å². The lowest BCUT2D eigenvalue weighted by Crippen LogP contribution is -2.52. The summed E-state index contributed by atoms with van der Waals surface area (Å²) in [5.74, 6) is 0.439. The van der Waals surface area contributed by atoms with Gasteiger partial charge in [-0.05, 0) is 79.3 Å². The topological polar surface area (TPSA) is 86.3 Å². The number of amidine groups is 1. The number of nitrogens with zero attached hydrogens (tertiary/aromatic N) is 3. The van der Waals surface area contributed by atoms with Crippen LogP contribution in [0.25, 0.3) is 0 Å². The minimum absolute atomic E-state index is 0.0286. The number of hydrogen-bond donors (Lipinski definition) is 2. The van der Waals surface area contributed by atoms with E-state index in [1.807, 2.05) is 38.1 Å². The Morgan fingerprint density at radius 1 is 0.959 bits per heavy atom. The molecular weight excluding hydrogens is 678 g/mol. The van der Waals surface area contributed by atoms with Crippen molar-refractivity contribution < 1.29 is 27.5 Å². The van der Waals surface area contributed by atoms with E-state index in [9.17, 15) is 22.8 Å². The first-order valence-corrected chi connectivity index (χ1v) is 17.1. The molecule has 13 heteroatoms. The standard InChI is InChI=1S/C36H40Cl2F3N5O3/c1-4-49-30-19-25(36(39,40)41)9-14-29(30)34-44-32(23-5-10-26(37)11-6-23)33(24-7-12-27(38)13-8-24)46(34)35(48)45-17-15-28(16-18-45)42-21-31(47)43-20-22(2)3/h5-14,19,22,28,32-33,42H,4,15-18,20-21H2,1-3H3,(H,43,47). The van der Waals surface area contributed by atoms with E-state index in [1.54, 1.807) is 41.0 Å². The largest absolute Gasteiger partial charge is 0.493 e. The van der Waals surface area contributed by atoms with Gasteiger partial charge in [-0.25, -0.2) is 4.79 Å². The SMILES string of the molecule is CCOc1cc(C(F)(F)F)ccc1C1=NC(c2ccc(Cl)cc2)C(c2ccc(Cl)cc2)N1C(=O)N1CCC(NCC(=O)NCC(C)C)CC1. The molecule has 0 aliphatic carbocycles. The quantitative estimate of drug-likeness (QED) is 0.223. The van der Waals surface area contributed by atoms with E-state index in [1.165, 1.54) is 6.07 Å². The molecule has 3 aromatic carbocycles. The number of carbonyl (C=O) groups excluding carboxylic acids is 2. The maximum atomic E-state index is 14.7. The molecule has 2 aliphatic heterocycles. The molecule has 2 aliphatic rings. The molecule has 2 N–H and O–H groups in total. The number of amides is 3. The molecule has 5 rings (SSSR count). The number of ether oxygens (including phenoxy) is 1. The van der Waals surface area contributed by atoms with Crippen molar-refractivity contribution in [1.82, 2.24) is 20.4 Å². The molecule has 1 saturated heterocycles. The third-order valence-electron chi connectivity index (χ3n) is 8.57. The van der Waals surface area contributed by atoms with Crippen LogP contribution in [0.3, 0.4) is 0 Å². The third-order valence-corrected chi connectivity index (χ3v) is 9.07. The molecule has 0 aromatic heterocycles. The zero-order chi connectivity index (χ0) is 35.3. The van der Waals surface area contributed by atoms with Crippen molar-refractivity contribution in [2.75, 3.05) is 32.8 Å². The lowest BCUT2D eigenvalue weighted by atomic mass is 9.93. The fourth-order valence-electron chi connectivity index (χ4n) is 6.06. The second-order valence-electron chi connectivity index (χ2n) is 12.6. The Kier molecular flexibility index (Phi) is 11.8. The lowest BCUT2D eigenvalue weighted by Gasteiger charge is -2.38. The molecule has 2 atom stereocenters. The number of piperidine rings is 1. The van der Waals surface area contributed by atoms with Crippen LogP contribution in [0.15, 0.2) is 71.7 Å². The van der Waals surface area contributed by atoms with E-state index in [2.05, 4.69) is 10.6 Å². The van der Waals surface area contributed by atoms with Crippen LogP contribution in [0.2, 0.25) is 10.0 Å². The van der Waals surface area contributed by atoms with Crippen molar-refractivity contribution in [2.24, 2.45) is 10.9 Å². The van der Waals surface area contributed by atoms with Crippen LogP contribution in [0.4, 0.5) is 18.0 Å². The second-order valence-corrected chi connectivity index (χ2v) is 13.5. The van der Waals surface area contributed by atoms with Crippen molar-refractivity contribution in [3.05, 3.63) is 99.0 Å². The van der Waals surface area contributed by atoms with Gasteiger partial charge in [0.2, 0.25) is 5.91 Å². The van der Waals surface area contributed by atoms with Gasteiger partial charge in [0.1, 0.15) is 17.6 Å². The van der Waals surface area contributed by atoms with Gasteiger partial charge in [0.15, 0.2) is 0 Å². The van der Waals surface area contributed by atoms with Crippen molar-refractivity contribution in [3.8, 4) is 5.75 Å². The molecule has 0 spiro atoms. The van der Waals surface area contributed by atoms with Gasteiger partial charge in [-0.1, -0.05) is 61.3 Å². The fourth-order valence-corrected chi connectivity index (χ4v) is 6.31. The molecule has 49 heavy (non-hydrogen) atoms. The van der Waals surface area contributed by atoms with Gasteiger partial charge >= 0.3 is 12.2 Å². The molecule has 3 amide bonds. The van der Waals surface area contributed by atoms with Gasteiger partial charge in [0, 0.05) is 35.7 Å². The number of rotatable bonds is 10. The van der Waals surface area contributed by atoms with Gasteiger partial charge in [0.05, 0.1) is 30.3 Å². The second kappa shape index (κ2) is 15.8. The Labute approximate surface area is 294 Å². The Hall–Kier alpha value is -3.80. The maximum Gasteiger partial charge on any atom is 0.416 e. The first-order valence-electron chi connectivity index (χ1n) is 16.4. The highest BCUT2D eigenvalue weighted by Gasteiger charge is 2.45. The summed E-state index contributed by atoms with van der Waals surface area (Å²) in [6, 6.07) is 15.9. The Morgan fingerprint density at radius 2 is 1.57 bits per heavy atom. The first-order chi connectivity index (χ1) is 23.3. The summed E-state index contributed by atoms with van der Waals surface area (Å²) in [6.07, 6.45) is -3.37. The highest BCUT2D eigenvalue weighted by molar-refractivity contribution is 6.30. The zero-order valence-corrected chi connectivity index (χ0v) is 29.1. The van der Waals surface area contributed by atoms with Gasteiger partial charge in [-0.15, -0.1) is 0 Å². The zero-order valence-electron chi connectivity index (χ0n) is 27.6. The Bertz CT molecular complexity index is 1640. The number of likely N-dealkylation sites (tertiary alicyclic amines) is 1. The summed E-state index contributed by atoms with van der Waals surface area (Å²) in [5.41, 5.74) is 0.903. The van der Waals surface area contributed by atoms with Gasteiger partial charge in [0.25, 0.3) is 0 Å². The summed E-state index contributed by atoms with van der Waals surface area (Å²) in [7, 11) is 0. The predicted molar refractivity (Wildman–Crippen MR) is 185 cm³/mol. The monoisotopic (exact) mass is 717 g/mol. The molecule has 0 saturated carbocycles. The number of benzene rings is 3. The minimum atomic E-state index is -4.59. The maximum absolute atomic E-state index is 14.7. The third kappa shape index (κ3) is 8.87. The summed E-state index contributed by atoms with van der Waals surface area (Å²) in [6.45, 7) is 7.43. The van der Waals surface area contributed by atoms with Crippen LogP contribution >= 0.6 is 23.2 Å². The van der Waals surface area contributed by atoms with Crippen LogP contribution in [0.1, 0.15) is 68.0 Å². The summed E-state index contributed by atoms with van der Waals surface area (Å²) in [4.78, 5) is 35.3. The van der Waals surface area contributed by atoms with E-state index in [0.717, 1.165) is 23.3 Å². The molecule has 0 bridgehead atoms. The highest BCUT2D eigenvalue weighted by atomic mass is 35.5. The van der Waals surface area contributed by atoms with Gasteiger partial charge in [-0.2, -0.15) is 13.2 Å². The molecule has 3 aromatic rings. The van der Waals surface area contributed by atoms with Crippen molar-refractivity contribution >= 4 is 41.0 Å². The van der Waals surface area contributed by atoms with Crippen LogP contribution < -0.4 is 15.4 Å². The molecular formula is C36H40Cl2F3N5O3. The summed E-state index contributed by atoms with van der Waals surface area (Å²) < 4.78 is 47.1. The molecule has 0 radical (unpaired) electrons. The number of hydrogen-bond acceptors (Lipinski definition) is 5. The molecule has 1 fully saturated rings. The summed E-state index contributed by atoms with van der Waals surface area (Å²) >= 11 is 12.5. The number of nitrogens with one attached hydrogen (secondary N) is 2. The van der Waals surface area contributed by atoms with E-state index < -0.39 is 23.8 Å². The fraction of sp³-hybridized carbons (Fsp3) is 0.417. The van der Waals surface area contributed by atoms with E-state index in [-0.39, 0.29) is 48.3 Å². The van der Waals surface area contributed by atoms with Crippen LogP contribution in [0, 0.1) is 5.92 Å². The molecule has 2 unspecified atom stereocenters. The number of halogens is 5. The number of aliphatic imine (C=N–C) groups is 1. The Balaban J connectivity index is 1.51. The predicted octanol–water partition coefficient (Wildman–Crippen LogP) is 7.90. The van der Waals surface area contributed by atoms with Crippen LogP contribution in [0.5, 0.6) is 5.75 Å². The minimum Gasteiger partial charge on any atom is -0.493 e. The molecule has 2 heterocycles. The summed E-state index contributed by atoms with van der Waals surface area (Å²) in [5, 5.41) is 7.24. The van der Waals surface area contributed by atoms with Gasteiger partial charge < -0.3 is 20.3 Å². The Morgan fingerprint density at radius 3 is 2.14 bits per heavy atom. The average molecular weight is 719 g/mol. The van der Waals surface area contributed by atoms with E-state index >= 15 is 0 Å². The van der Waals surface area contributed by atoms with E-state index in [0.29, 0.717) is 48.4 Å².